The number of halogens is 2. The molecule has 1 aromatic carbocycles. The average molecular weight is 457 g/mol. The van der Waals surface area contributed by atoms with E-state index < -0.39 is 11.9 Å². The molecule has 156 valence electrons. The van der Waals surface area contributed by atoms with Crippen LogP contribution in [-0.2, 0) is 4.74 Å². The zero-order valence-corrected chi connectivity index (χ0v) is 18.9. The van der Waals surface area contributed by atoms with Crippen LogP contribution in [0.15, 0.2) is 18.2 Å². The third kappa shape index (κ3) is 5.10. The van der Waals surface area contributed by atoms with Crippen LogP contribution in [0.1, 0.15) is 56.7 Å². The van der Waals surface area contributed by atoms with E-state index in [9.17, 15) is 14.4 Å². The van der Waals surface area contributed by atoms with Crippen LogP contribution < -0.4 is 5.32 Å². The first kappa shape index (κ1) is 23.2. The molecule has 0 radical (unpaired) electrons. The monoisotopic (exact) mass is 456 g/mol. The first-order valence-electron chi connectivity index (χ1n) is 9.11. The normalized spacial score (nSPS) is 10.6. The second-order valence-corrected chi connectivity index (χ2v) is 7.90. The van der Waals surface area contributed by atoms with Crippen LogP contribution in [-0.4, -0.2) is 42.4 Å². The summed E-state index contributed by atoms with van der Waals surface area (Å²) in [5.74, 6) is -1.31. The van der Waals surface area contributed by atoms with Crippen molar-refractivity contribution in [3.63, 3.8) is 0 Å². The van der Waals surface area contributed by atoms with Crippen molar-refractivity contribution >= 4 is 57.3 Å². The number of carbonyl (C=O) groups is 3. The lowest BCUT2D eigenvalue weighted by molar-refractivity contribution is 0.0527. The molecule has 0 saturated heterocycles. The quantitative estimate of drug-likeness (QED) is 0.575. The summed E-state index contributed by atoms with van der Waals surface area (Å²) in [5, 5.41) is 3.52. The topological polar surface area (TPSA) is 75.7 Å². The molecule has 0 aliphatic heterocycles. The minimum atomic E-state index is -0.600. The van der Waals surface area contributed by atoms with Gasteiger partial charge in [0.05, 0.1) is 27.6 Å². The summed E-state index contributed by atoms with van der Waals surface area (Å²) in [7, 11) is 0. The maximum atomic E-state index is 12.9. The Bertz CT molecular complexity index is 939. The lowest BCUT2D eigenvalue weighted by Crippen LogP contribution is -2.30. The van der Waals surface area contributed by atoms with Crippen molar-refractivity contribution in [1.82, 2.24) is 4.90 Å². The second-order valence-electron chi connectivity index (χ2n) is 6.04. The lowest BCUT2D eigenvalue weighted by Gasteiger charge is -2.18. The van der Waals surface area contributed by atoms with E-state index >= 15 is 0 Å². The highest BCUT2D eigenvalue weighted by molar-refractivity contribution is 7.18. The van der Waals surface area contributed by atoms with Gasteiger partial charge in [-0.3, -0.25) is 9.59 Å². The Hall–Kier alpha value is -2.09. The van der Waals surface area contributed by atoms with Crippen molar-refractivity contribution in [3.8, 4) is 0 Å². The molecule has 0 fully saturated rings. The van der Waals surface area contributed by atoms with Gasteiger partial charge in [-0.1, -0.05) is 23.2 Å². The first-order valence-corrected chi connectivity index (χ1v) is 10.7. The van der Waals surface area contributed by atoms with Crippen molar-refractivity contribution in [2.45, 2.75) is 27.7 Å². The molecule has 2 aromatic rings. The van der Waals surface area contributed by atoms with Gasteiger partial charge in [-0.05, 0) is 51.5 Å². The van der Waals surface area contributed by atoms with Gasteiger partial charge in [0.25, 0.3) is 11.8 Å². The number of anilines is 1. The first-order chi connectivity index (χ1) is 13.7. The maximum absolute atomic E-state index is 12.9. The van der Waals surface area contributed by atoms with Gasteiger partial charge in [0, 0.05) is 18.1 Å². The summed E-state index contributed by atoms with van der Waals surface area (Å²) in [6, 6.07) is 4.50. The predicted molar refractivity (Wildman–Crippen MR) is 117 cm³/mol. The second kappa shape index (κ2) is 10.1. The molecule has 0 aliphatic rings. The van der Waals surface area contributed by atoms with Crippen molar-refractivity contribution in [3.05, 3.63) is 49.8 Å². The SMILES string of the molecule is CCOC(=O)c1c(NC(=O)c2ccc(Cl)cc2Cl)sc(C(=O)N(CC)CC)c1C. The minimum Gasteiger partial charge on any atom is -0.462 e. The summed E-state index contributed by atoms with van der Waals surface area (Å²) in [6.45, 7) is 8.35. The number of benzene rings is 1. The Morgan fingerprint density at radius 2 is 1.79 bits per heavy atom. The molecule has 0 aliphatic carbocycles. The van der Waals surface area contributed by atoms with Gasteiger partial charge in [-0.2, -0.15) is 0 Å². The number of amides is 2. The summed E-state index contributed by atoms with van der Waals surface area (Å²) < 4.78 is 5.13. The zero-order chi connectivity index (χ0) is 21.7. The Morgan fingerprint density at radius 1 is 1.14 bits per heavy atom. The molecule has 9 heteroatoms. The van der Waals surface area contributed by atoms with Crippen molar-refractivity contribution in [2.24, 2.45) is 0 Å². The molecule has 0 bridgehead atoms. The fourth-order valence-electron chi connectivity index (χ4n) is 2.75. The molecule has 0 atom stereocenters. The van der Waals surface area contributed by atoms with E-state index in [1.165, 1.54) is 12.1 Å². The highest BCUT2D eigenvalue weighted by Crippen LogP contribution is 2.35. The largest absolute Gasteiger partial charge is 0.462 e. The fourth-order valence-corrected chi connectivity index (χ4v) is 4.41. The molecule has 1 heterocycles. The van der Waals surface area contributed by atoms with Crippen LogP contribution in [0.2, 0.25) is 10.0 Å². The molecule has 2 amide bonds. The standard InChI is InChI=1S/C20H22Cl2N2O4S/c1-5-24(6-2)19(26)16-11(4)15(20(27)28-7-3)18(29-16)23-17(25)13-9-8-12(21)10-14(13)22/h8-10H,5-7H2,1-4H3,(H,23,25). The van der Waals surface area contributed by atoms with E-state index in [0.29, 0.717) is 28.6 Å². The predicted octanol–water partition coefficient (Wildman–Crippen LogP) is 5.27. The number of rotatable bonds is 7. The van der Waals surface area contributed by atoms with Gasteiger partial charge in [0.15, 0.2) is 0 Å². The number of hydrogen-bond acceptors (Lipinski definition) is 5. The zero-order valence-electron chi connectivity index (χ0n) is 16.6. The van der Waals surface area contributed by atoms with Crippen LogP contribution in [0.25, 0.3) is 0 Å². The Morgan fingerprint density at radius 3 is 2.34 bits per heavy atom. The van der Waals surface area contributed by atoms with E-state index in [1.807, 2.05) is 13.8 Å². The summed E-state index contributed by atoms with van der Waals surface area (Å²) in [4.78, 5) is 40.2. The molecule has 0 spiro atoms. The third-order valence-corrected chi connectivity index (χ3v) is 6.02. The van der Waals surface area contributed by atoms with Crippen LogP contribution >= 0.6 is 34.5 Å². The molecule has 0 unspecified atom stereocenters. The summed E-state index contributed by atoms with van der Waals surface area (Å²) >= 11 is 13.0. The number of ether oxygens (including phenoxy) is 1. The average Bonchev–Trinajstić information content (AvgIpc) is 2.98. The maximum Gasteiger partial charge on any atom is 0.341 e. The Kier molecular flexibility index (Phi) is 8.07. The van der Waals surface area contributed by atoms with Crippen LogP contribution in [0.4, 0.5) is 5.00 Å². The fraction of sp³-hybridized carbons (Fsp3) is 0.350. The van der Waals surface area contributed by atoms with E-state index in [2.05, 4.69) is 5.32 Å². The van der Waals surface area contributed by atoms with Gasteiger partial charge < -0.3 is 15.0 Å². The highest BCUT2D eigenvalue weighted by atomic mass is 35.5. The number of esters is 1. The molecule has 2 rings (SSSR count). The van der Waals surface area contributed by atoms with E-state index in [4.69, 9.17) is 27.9 Å². The third-order valence-electron chi connectivity index (χ3n) is 4.27. The van der Waals surface area contributed by atoms with E-state index in [1.54, 1.807) is 24.8 Å². The van der Waals surface area contributed by atoms with Crippen LogP contribution in [0, 0.1) is 6.92 Å². The van der Waals surface area contributed by atoms with Crippen LogP contribution in [0.5, 0.6) is 0 Å². The molecule has 6 nitrogen and oxygen atoms in total. The Labute approximate surface area is 183 Å². The number of carbonyl (C=O) groups excluding carboxylic acids is 3. The summed E-state index contributed by atoms with van der Waals surface area (Å²) in [6.07, 6.45) is 0. The molecule has 1 N–H and O–H groups in total. The Balaban J connectivity index is 2.48. The molecule has 1 aromatic heterocycles. The van der Waals surface area contributed by atoms with Gasteiger partial charge in [-0.15, -0.1) is 11.3 Å². The van der Waals surface area contributed by atoms with Gasteiger partial charge >= 0.3 is 5.97 Å². The number of nitrogens with one attached hydrogen (secondary N) is 1. The number of nitrogens with zero attached hydrogens (tertiary/aromatic N) is 1. The number of hydrogen-bond donors (Lipinski definition) is 1. The molecule has 0 saturated carbocycles. The number of thiophene rings is 1. The van der Waals surface area contributed by atoms with Gasteiger partial charge in [0.1, 0.15) is 5.00 Å². The molecule has 29 heavy (non-hydrogen) atoms. The summed E-state index contributed by atoms with van der Waals surface area (Å²) in [5.41, 5.74) is 0.849. The lowest BCUT2D eigenvalue weighted by atomic mass is 10.1. The van der Waals surface area contributed by atoms with Crippen molar-refractivity contribution in [2.75, 3.05) is 25.0 Å². The molecular weight excluding hydrogens is 435 g/mol. The van der Waals surface area contributed by atoms with Crippen molar-refractivity contribution in [1.29, 1.82) is 0 Å². The van der Waals surface area contributed by atoms with Gasteiger partial charge in [-0.25, -0.2) is 4.79 Å². The van der Waals surface area contributed by atoms with Gasteiger partial charge in [0.2, 0.25) is 0 Å². The van der Waals surface area contributed by atoms with Crippen molar-refractivity contribution < 1.29 is 19.1 Å². The van der Waals surface area contributed by atoms with E-state index in [0.717, 1.165) is 11.3 Å². The smallest absolute Gasteiger partial charge is 0.341 e. The molecular formula is C20H22Cl2N2O4S. The minimum absolute atomic E-state index is 0.170. The van der Waals surface area contributed by atoms with E-state index in [-0.39, 0.29) is 33.7 Å². The highest BCUT2D eigenvalue weighted by Gasteiger charge is 2.28. The van der Waals surface area contributed by atoms with Crippen LogP contribution in [0.3, 0.4) is 0 Å².